The quantitative estimate of drug-likeness (QED) is 0.804. The number of rotatable bonds is 1. The summed E-state index contributed by atoms with van der Waals surface area (Å²) in [5.41, 5.74) is 4.05. The fourth-order valence-corrected chi connectivity index (χ4v) is 2.87. The van der Waals surface area contributed by atoms with Gasteiger partial charge in [0.25, 0.3) is 0 Å². The third kappa shape index (κ3) is 1.10. The molecule has 1 aliphatic carbocycles. The molecule has 0 spiro atoms. The second-order valence-corrected chi connectivity index (χ2v) is 4.72. The number of ether oxygens (including phenoxy) is 1. The SMILES string of the molecule is Brc1c(C2CCC2)[nH]c2c1COC2. The van der Waals surface area contributed by atoms with Crippen molar-refractivity contribution in [1.82, 2.24) is 4.98 Å². The summed E-state index contributed by atoms with van der Waals surface area (Å²) in [6.45, 7) is 1.54. The van der Waals surface area contributed by atoms with Gasteiger partial charge in [0, 0.05) is 27.3 Å². The van der Waals surface area contributed by atoms with E-state index >= 15 is 0 Å². The monoisotopic (exact) mass is 241 g/mol. The third-order valence-electron chi connectivity index (χ3n) is 3.16. The van der Waals surface area contributed by atoms with E-state index in [1.165, 1.54) is 40.7 Å². The lowest BCUT2D eigenvalue weighted by molar-refractivity contribution is 0.132. The zero-order valence-corrected chi connectivity index (χ0v) is 8.99. The fourth-order valence-electron chi connectivity index (χ4n) is 2.09. The van der Waals surface area contributed by atoms with Crippen LogP contribution in [0.3, 0.4) is 0 Å². The molecule has 1 N–H and O–H groups in total. The number of hydrogen-bond donors (Lipinski definition) is 1. The molecule has 2 aliphatic rings. The molecule has 0 amide bonds. The second-order valence-electron chi connectivity index (χ2n) is 3.93. The molecule has 1 aliphatic heterocycles. The van der Waals surface area contributed by atoms with Crippen molar-refractivity contribution in [3.63, 3.8) is 0 Å². The lowest BCUT2D eigenvalue weighted by Crippen LogP contribution is -2.10. The average molecular weight is 242 g/mol. The molecule has 0 bridgehead atoms. The first-order chi connectivity index (χ1) is 6.36. The Labute approximate surface area is 85.8 Å². The Balaban J connectivity index is 2.01. The molecule has 0 unspecified atom stereocenters. The number of halogens is 1. The first-order valence-electron chi connectivity index (χ1n) is 4.83. The Morgan fingerprint density at radius 1 is 1.31 bits per heavy atom. The molecule has 1 aromatic rings. The number of H-pyrrole nitrogens is 1. The largest absolute Gasteiger partial charge is 0.370 e. The van der Waals surface area contributed by atoms with Crippen LogP contribution in [0.2, 0.25) is 0 Å². The smallest absolute Gasteiger partial charge is 0.0874 e. The van der Waals surface area contributed by atoms with Crippen LogP contribution in [0.5, 0.6) is 0 Å². The van der Waals surface area contributed by atoms with Gasteiger partial charge in [0.15, 0.2) is 0 Å². The molecular formula is C10H12BrNO. The minimum Gasteiger partial charge on any atom is -0.370 e. The van der Waals surface area contributed by atoms with Gasteiger partial charge in [-0.3, -0.25) is 0 Å². The van der Waals surface area contributed by atoms with Crippen LogP contribution in [0.15, 0.2) is 4.47 Å². The first-order valence-corrected chi connectivity index (χ1v) is 5.62. The minimum atomic E-state index is 0.765. The van der Waals surface area contributed by atoms with Crippen LogP contribution in [0.25, 0.3) is 0 Å². The van der Waals surface area contributed by atoms with Gasteiger partial charge in [-0.15, -0.1) is 0 Å². The van der Waals surface area contributed by atoms with Crippen LogP contribution < -0.4 is 0 Å². The zero-order valence-electron chi connectivity index (χ0n) is 7.40. The minimum absolute atomic E-state index is 0.765. The summed E-state index contributed by atoms with van der Waals surface area (Å²) in [4.78, 5) is 3.49. The molecule has 2 heterocycles. The molecule has 2 nitrogen and oxygen atoms in total. The van der Waals surface area contributed by atoms with E-state index in [-0.39, 0.29) is 0 Å². The van der Waals surface area contributed by atoms with Gasteiger partial charge in [-0.25, -0.2) is 0 Å². The maximum atomic E-state index is 5.36. The summed E-state index contributed by atoms with van der Waals surface area (Å²) in [7, 11) is 0. The van der Waals surface area contributed by atoms with Crippen molar-refractivity contribution in [3.05, 3.63) is 21.4 Å². The fraction of sp³-hybridized carbons (Fsp3) is 0.600. The number of hydrogen-bond acceptors (Lipinski definition) is 1. The van der Waals surface area contributed by atoms with Crippen molar-refractivity contribution in [1.29, 1.82) is 0 Å². The molecule has 3 rings (SSSR count). The van der Waals surface area contributed by atoms with Crippen LogP contribution in [-0.4, -0.2) is 4.98 Å². The highest BCUT2D eigenvalue weighted by Gasteiger charge is 2.28. The third-order valence-corrected chi connectivity index (χ3v) is 4.06. The lowest BCUT2D eigenvalue weighted by atomic mass is 9.83. The Morgan fingerprint density at radius 3 is 2.77 bits per heavy atom. The van der Waals surface area contributed by atoms with Gasteiger partial charge < -0.3 is 9.72 Å². The van der Waals surface area contributed by atoms with Crippen LogP contribution in [0.4, 0.5) is 0 Å². The molecule has 0 saturated heterocycles. The van der Waals surface area contributed by atoms with E-state index in [0.29, 0.717) is 0 Å². The highest BCUT2D eigenvalue weighted by molar-refractivity contribution is 9.10. The van der Waals surface area contributed by atoms with Gasteiger partial charge in [-0.1, -0.05) is 6.42 Å². The highest BCUT2D eigenvalue weighted by atomic mass is 79.9. The van der Waals surface area contributed by atoms with Gasteiger partial charge in [0.2, 0.25) is 0 Å². The maximum absolute atomic E-state index is 5.36. The number of aromatic nitrogens is 1. The van der Waals surface area contributed by atoms with Crippen molar-refractivity contribution in [3.8, 4) is 0 Å². The van der Waals surface area contributed by atoms with Crippen molar-refractivity contribution in [2.24, 2.45) is 0 Å². The normalized spacial score (nSPS) is 21.6. The molecule has 1 saturated carbocycles. The molecule has 1 fully saturated rings. The summed E-state index contributed by atoms with van der Waals surface area (Å²) in [6, 6.07) is 0. The number of nitrogens with one attached hydrogen (secondary N) is 1. The summed E-state index contributed by atoms with van der Waals surface area (Å²) in [5.74, 6) is 0.778. The van der Waals surface area contributed by atoms with Crippen molar-refractivity contribution < 1.29 is 4.74 Å². The molecule has 0 atom stereocenters. The Kier molecular flexibility index (Phi) is 1.77. The predicted octanol–water partition coefficient (Wildman–Crippen LogP) is 3.07. The van der Waals surface area contributed by atoms with Crippen LogP contribution >= 0.6 is 15.9 Å². The average Bonchev–Trinajstić information content (AvgIpc) is 2.54. The zero-order chi connectivity index (χ0) is 8.84. The first kappa shape index (κ1) is 8.06. The lowest BCUT2D eigenvalue weighted by Gasteiger charge is -2.25. The summed E-state index contributed by atoms with van der Waals surface area (Å²) in [5, 5.41) is 0. The summed E-state index contributed by atoms with van der Waals surface area (Å²) in [6.07, 6.45) is 4.08. The van der Waals surface area contributed by atoms with Gasteiger partial charge in [0.1, 0.15) is 0 Å². The molecule has 70 valence electrons. The number of fused-ring (bicyclic) bond motifs is 1. The van der Waals surface area contributed by atoms with Crippen molar-refractivity contribution in [2.75, 3.05) is 0 Å². The maximum Gasteiger partial charge on any atom is 0.0874 e. The predicted molar refractivity (Wildman–Crippen MR) is 53.6 cm³/mol. The second kappa shape index (κ2) is 2.85. The van der Waals surface area contributed by atoms with E-state index in [9.17, 15) is 0 Å². The standard InChI is InChI=1S/C10H12BrNO/c11-9-7-4-13-5-8(7)12-10(9)6-2-1-3-6/h6,12H,1-5H2. The molecule has 13 heavy (non-hydrogen) atoms. The van der Waals surface area contributed by atoms with E-state index in [1.54, 1.807) is 0 Å². The highest BCUT2D eigenvalue weighted by Crippen LogP contribution is 2.42. The molecular weight excluding hydrogens is 230 g/mol. The van der Waals surface area contributed by atoms with Crippen LogP contribution in [0, 0.1) is 0 Å². The van der Waals surface area contributed by atoms with Crippen molar-refractivity contribution in [2.45, 2.75) is 38.4 Å². The van der Waals surface area contributed by atoms with E-state index in [2.05, 4.69) is 20.9 Å². The summed E-state index contributed by atoms with van der Waals surface area (Å²) < 4.78 is 6.64. The van der Waals surface area contributed by atoms with E-state index in [0.717, 1.165) is 19.1 Å². The van der Waals surface area contributed by atoms with Gasteiger partial charge in [-0.05, 0) is 28.8 Å². The molecule has 1 aromatic heterocycles. The van der Waals surface area contributed by atoms with Gasteiger partial charge in [0.05, 0.1) is 13.2 Å². The van der Waals surface area contributed by atoms with Crippen LogP contribution in [-0.2, 0) is 18.0 Å². The summed E-state index contributed by atoms with van der Waals surface area (Å²) >= 11 is 3.67. The van der Waals surface area contributed by atoms with E-state index in [4.69, 9.17) is 4.74 Å². The molecule has 3 heteroatoms. The molecule has 0 radical (unpaired) electrons. The van der Waals surface area contributed by atoms with E-state index in [1.807, 2.05) is 0 Å². The molecule has 0 aromatic carbocycles. The van der Waals surface area contributed by atoms with Gasteiger partial charge in [-0.2, -0.15) is 0 Å². The van der Waals surface area contributed by atoms with E-state index < -0.39 is 0 Å². The van der Waals surface area contributed by atoms with Crippen LogP contribution in [0.1, 0.15) is 42.1 Å². The van der Waals surface area contributed by atoms with Gasteiger partial charge >= 0.3 is 0 Å². The number of aromatic amines is 1. The Bertz CT molecular complexity index is 341. The Morgan fingerprint density at radius 2 is 2.15 bits per heavy atom. The Hall–Kier alpha value is -0.280. The van der Waals surface area contributed by atoms with Crippen molar-refractivity contribution >= 4 is 15.9 Å². The topological polar surface area (TPSA) is 25.0 Å².